The Morgan fingerprint density at radius 2 is 2.21 bits per heavy atom. The number of hydrogen-bond donors (Lipinski definition) is 1. The van der Waals surface area contributed by atoms with Gasteiger partial charge in [0.1, 0.15) is 0 Å². The third kappa shape index (κ3) is 2.95. The maximum Gasteiger partial charge on any atom is 0.305 e. The van der Waals surface area contributed by atoms with E-state index in [1.54, 1.807) is 0 Å². The molecule has 1 aliphatic rings. The second-order valence-corrected chi connectivity index (χ2v) is 5.83. The van der Waals surface area contributed by atoms with Crippen molar-refractivity contribution in [3.05, 3.63) is 0 Å². The fraction of sp³-hybridized carbons (Fsp3) is 0.875. The van der Waals surface area contributed by atoms with Gasteiger partial charge in [-0.15, -0.1) is 0 Å². The highest BCUT2D eigenvalue weighted by Crippen LogP contribution is 2.27. The van der Waals surface area contributed by atoms with Crippen molar-refractivity contribution in [3.63, 3.8) is 0 Å². The second kappa shape index (κ2) is 3.86. The molecule has 5 nitrogen and oxygen atoms in total. The molecular formula is C8H14O5S. The van der Waals surface area contributed by atoms with Crippen LogP contribution in [0, 0.1) is 0 Å². The van der Waals surface area contributed by atoms with Gasteiger partial charge in [-0.3, -0.25) is 4.79 Å². The van der Waals surface area contributed by atoms with Gasteiger partial charge < -0.3 is 9.84 Å². The summed E-state index contributed by atoms with van der Waals surface area (Å²) >= 11 is 0. The number of ether oxygens (including phenoxy) is 1. The molecule has 0 spiro atoms. The van der Waals surface area contributed by atoms with E-state index in [2.05, 4.69) is 4.74 Å². The normalized spacial score (nSPS) is 30.1. The summed E-state index contributed by atoms with van der Waals surface area (Å²) in [5.41, 5.74) is -1.23. The van der Waals surface area contributed by atoms with Gasteiger partial charge in [-0.1, -0.05) is 0 Å². The molecule has 0 aromatic carbocycles. The van der Waals surface area contributed by atoms with E-state index in [1.165, 1.54) is 7.11 Å². The number of esters is 1. The monoisotopic (exact) mass is 222 g/mol. The zero-order valence-corrected chi connectivity index (χ0v) is 8.84. The quantitative estimate of drug-likeness (QED) is 0.650. The van der Waals surface area contributed by atoms with Crippen LogP contribution in [0.25, 0.3) is 0 Å². The van der Waals surface area contributed by atoms with Crippen LogP contribution in [-0.4, -0.2) is 43.7 Å². The second-order valence-electron chi connectivity index (χ2n) is 3.64. The molecule has 0 amide bonds. The van der Waals surface area contributed by atoms with Crippen molar-refractivity contribution < 1.29 is 23.1 Å². The van der Waals surface area contributed by atoms with Crippen molar-refractivity contribution in [1.29, 1.82) is 0 Å². The molecule has 0 aliphatic carbocycles. The molecule has 82 valence electrons. The first kappa shape index (κ1) is 11.5. The highest BCUT2D eigenvalue weighted by atomic mass is 32.2. The first-order valence-corrected chi connectivity index (χ1v) is 6.19. The first-order chi connectivity index (χ1) is 6.37. The molecule has 1 atom stereocenters. The molecule has 6 heteroatoms. The van der Waals surface area contributed by atoms with Gasteiger partial charge in [-0.2, -0.15) is 0 Å². The van der Waals surface area contributed by atoms with E-state index in [9.17, 15) is 18.3 Å². The molecule has 0 radical (unpaired) electrons. The smallest absolute Gasteiger partial charge is 0.305 e. The van der Waals surface area contributed by atoms with Crippen molar-refractivity contribution in [2.75, 3.05) is 18.6 Å². The summed E-state index contributed by atoms with van der Waals surface area (Å²) in [6, 6.07) is 0. The predicted molar refractivity (Wildman–Crippen MR) is 49.5 cm³/mol. The minimum absolute atomic E-state index is 0.00464. The minimum atomic E-state index is -3.11. The summed E-state index contributed by atoms with van der Waals surface area (Å²) in [6.45, 7) is 0. The van der Waals surface area contributed by atoms with E-state index in [4.69, 9.17) is 0 Å². The molecule has 0 aromatic heterocycles. The van der Waals surface area contributed by atoms with E-state index < -0.39 is 21.4 Å². The van der Waals surface area contributed by atoms with Crippen LogP contribution < -0.4 is 0 Å². The summed E-state index contributed by atoms with van der Waals surface area (Å²) in [5, 5.41) is 9.78. The van der Waals surface area contributed by atoms with E-state index >= 15 is 0 Å². The van der Waals surface area contributed by atoms with E-state index in [0.717, 1.165) is 0 Å². The Morgan fingerprint density at radius 1 is 1.57 bits per heavy atom. The molecule has 1 heterocycles. The molecule has 1 fully saturated rings. The summed E-state index contributed by atoms with van der Waals surface area (Å²) in [5.74, 6) is -0.662. The fourth-order valence-corrected chi connectivity index (χ4v) is 3.48. The zero-order valence-electron chi connectivity index (χ0n) is 8.02. The Bertz CT molecular complexity index is 321. The number of sulfone groups is 1. The molecule has 0 bridgehead atoms. The van der Waals surface area contributed by atoms with Gasteiger partial charge in [-0.05, 0) is 12.8 Å². The molecular weight excluding hydrogens is 208 g/mol. The van der Waals surface area contributed by atoms with Crippen LogP contribution in [-0.2, 0) is 19.4 Å². The Balaban J connectivity index is 2.49. The highest BCUT2D eigenvalue weighted by Gasteiger charge is 2.40. The minimum Gasteiger partial charge on any atom is -0.469 e. The average Bonchev–Trinajstić information content (AvgIpc) is 2.37. The van der Waals surface area contributed by atoms with Gasteiger partial charge in [0, 0.05) is 6.42 Å². The SMILES string of the molecule is COC(=O)CCC1(O)CCS(=O)(=O)C1. The molecule has 0 aromatic rings. The van der Waals surface area contributed by atoms with Crippen LogP contribution in [0.1, 0.15) is 19.3 Å². The highest BCUT2D eigenvalue weighted by molar-refractivity contribution is 7.91. The van der Waals surface area contributed by atoms with Gasteiger partial charge >= 0.3 is 5.97 Å². The first-order valence-electron chi connectivity index (χ1n) is 4.37. The number of rotatable bonds is 3. The summed E-state index contributed by atoms with van der Waals surface area (Å²) in [7, 11) is -1.85. The largest absolute Gasteiger partial charge is 0.469 e. The topological polar surface area (TPSA) is 80.7 Å². The number of aliphatic hydroxyl groups is 1. The summed E-state index contributed by atoms with van der Waals surface area (Å²) < 4.78 is 26.6. The Hall–Kier alpha value is -0.620. The molecule has 1 N–H and O–H groups in total. The van der Waals surface area contributed by atoms with Gasteiger partial charge in [0.25, 0.3) is 0 Å². The van der Waals surface area contributed by atoms with Crippen LogP contribution in [0.4, 0.5) is 0 Å². The van der Waals surface area contributed by atoms with Crippen LogP contribution in [0.15, 0.2) is 0 Å². The summed E-state index contributed by atoms with van der Waals surface area (Å²) in [4.78, 5) is 10.8. The molecule has 1 unspecified atom stereocenters. The number of hydrogen-bond acceptors (Lipinski definition) is 5. The van der Waals surface area contributed by atoms with Crippen molar-refractivity contribution in [2.45, 2.75) is 24.9 Å². The van der Waals surface area contributed by atoms with E-state index in [1.807, 2.05) is 0 Å². The lowest BCUT2D eigenvalue weighted by Gasteiger charge is -2.19. The van der Waals surface area contributed by atoms with Gasteiger partial charge in [-0.25, -0.2) is 8.42 Å². The van der Waals surface area contributed by atoms with Crippen molar-refractivity contribution in [2.24, 2.45) is 0 Å². The van der Waals surface area contributed by atoms with E-state index in [-0.39, 0.29) is 30.8 Å². The van der Waals surface area contributed by atoms with Crippen LogP contribution >= 0.6 is 0 Å². The number of methoxy groups -OCH3 is 1. The van der Waals surface area contributed by atoms with Crippen molar-refractivity contribution in [3.8, 4) is 0 Å². The zero-order chi connectivity index (χ0) is 10.8. The maximum absolute atomic E-state index is 11.1. The fourth-order valence-electron chi connectivity index (χ4n) is 1.53. The standard InChI is InChI=1S/C8H14O5S/c1-13-7(9)2-3-8(10)4-5-14(11,12)6-8/h10H,2-6H2,1H3. The van der Waals surface area contributed by atoms with Crippen molar-refractivity contribution in [1.82, 2.24) is 0 Å². The van der Waals surface area contributed by atoms with Gasteiger partial charge in [0.2, 0.25) is 0 Å². The third-order valence-corrected chi connectivity index (χ3v) is 4.19. The lowest BCUT2D eigenvalue weighted by atomic mass is 9.97. The Kier molecular flexibility index (Phi) is 3.16. The molecule has 14 heavy (non-hydrogen) atoms. The van der Waals surface area contributed by atoms with Crippen molar-refractivity contribution >= 4 is 15.8 Å². The lowest BCUT2D eigenvalue weighted by Crippen LogP contribution is -2.30. The van der Waals surface area contributed by atoms with Gasteiger partial charge in [0.15, 0.2) is 9.84 Å². The van der Waals surface area contributed by atoms with Crippen LogP contribution in [0.3, 0.4) is 0 Å². The van der Waals surface area contributed by atoms with Crippen LogP contribution in [0.2, 0.25) is 0 Å². The van der Waals surface area contributed by atoms with E-state index in [0.29, 0.717) is 0 Å². The average molecular weight is 222 g/mol. The summed E-state index contributed by atoms with van der Waals surface area (Å²) in [6.07, 6.45) is 0.424. The Labute approximate surface area is 83.0 Å². The molecule has 1 aliphatic heterocycles. The molecule has 1 rings (SSSR count). The maximum atomic E-state index is 11.1. The van der Waals surface area contributed by atoms with Gasteiger partial charge in [0.05, 0.1) is 24.2 Å². The molecule has 0 saturated carbocycles. The number of carbonyl (C=O) groups is 1. The Morgan fingerprint density at radius 3 is 2.64 bits per heavy atom. The predicted octanol–water partition coefficient (Wildman–Crippen LogP) is -0.511. The third-order valence-electron chi connectivity index (χ3n) is 2.39. The number of carbonyl (C=O) groups excluding carboxylic acids is 1. The van der Waals surface area contributed by atoms with Crippen LogP contribution in [0.5, 0.6) is 0 Å². The lowest BCUT2D eigenvalue weighted by molar-refractivity contribution is -0.141. The molecule has 1 saturated heterocycles.